The maximum Gasteiger partial charge on any atom is 0.256 e. The molecule has 3 heterocycles. The Morgan fingerprint density at radius 1 is 0.929 bits per heavy atom. The first-order valence-corrected chi connectivity index (χ1v) is 14.3. The summed E-state index contributed by atoms with van der Waals surface area (Å²) in [6.45, 7) is 5.46. The molecule has 3 aliphatic heterocycles. The lowest BCUT2D eigenvalue weighted by molar-refractivity contribution is -0.136. The average Bonchev–Trinajstić information content (AvgIpc) is 3.31. The second kappa shape index (κ2) is 10.8. The predicted octanol–water partition coefficient (Wildman–Crippen LogP) is 3.91. The monoisotopic (exact) mass is 568 g/mol. The van der Waals surface area contributed by atoms with Crippen LogP contribution in [0.4, 0.5) is 4.39 Å². The largest absolute Gasteiger partial charge is 0.335 e. The molecule has 3 aliphatic rings. The molecule has 1 unspecified atom stereocenters. The zero-order chi connectivity index (χ0) is 29.6. The third kappa shape index (κ3) is 4.87. The van der Waals surface area contributed by atoms with Gasteiger partial charge >= 0.3 is 0 Å². The van der Waals surface area contributed by atoms with Crippen molar-refractivity contribution in [1.82, 2.24) is 20.0 Å². The Kier molecular flexibility index (Phi) is 7.14. The number of carbonyl (C=O) groups excluding carboxylic acids is 4. The fourth-order valence-corrected chi connectivity index (χ4v) is 6.58. The van der Waals surface area contributed by atoms with Gasteiger partial charge in [0.2, 0.25) is 11.8 Å². The van der Waals surface area contributed by atoms with Crippen molar-refractivity contribution in [2.75, 3.05) is 19.6 Å². The topological polar surface area (TPSA) is 90.0 Å². The van der Waals surface area contributed by atoms with E-state index in [0.29, 0.717) is 19.6 Å². The first-order chi connectivity index (χ1) is 20.2. The van der Waals surface area contributed by atoms with E-state index in [-0.39, 0.29) is 48.0 Å². The number of carbonyl (C=O) groups is 4. The standard InChI is InChI=1S/C33H33FN4O4/c1-33(2)20-36(17-18-38(33)29(21-9-5-3-6-10-21)22-11-7-4-8-12-22)31(41)24-14-13-23-25(28(24)34)19-37(32(23)42)26-15-16-27(39)35-30(26)40/h3-14,26,29H,15-20H2,1-2H3,(H,35,39,40). The highest BCUT2D eigenvalue weighted by atomic mass is 19.1. The highest BCUT2D eigenvalue weighted by Gasteiger charge is 2.43. The SMILES string of the molecule is CC1(C)CN(C(=O)c2ccc3c(c2F)CN(C2CCC(=O)NC2=O)C3=O)CCN1C(c1ccccc1)c1ccccc1. The van der Waals surface area contributed by atoms with Crippen LogP contribution in [0.2, 0.25) is 0 Å². The number of imide groups is 1. The van der Waals surface area contributed by atoms with Gasteiger partial charge < -0.3 is 9.80 Å². The molecule has 216 valence electrons. The lowest BCUT2D eigenvalue weighted by atomic mass is 9.89. The van der Waals surface area contributed by atoms with Crippen LogP contribution in [0.3, 0.4) is 0 Å². The number of rotatable bonds is 5. The molecule has 3 aromatic carbocycles. The number of hydrogen-bond donors (Lipinski definition) is 1. The molecule has 0 aliphatic carbocycles. The molecular weight excluding hydrogens is 535 g/mol. The molecule has 2 fully saturated rings. The van der Waals surface area contributed by atoms with E-state index >= 15 is 4.39 Å². The van der Waals surface area contributed by atoms with Gasteiger partial charge in [-0.25, -0.2) is 4.39 Å². The highest BCUT2D eigenvalue weighted by molar-refractivity contribution is 6.06. The van der Waals surface area contributed by atoms with Crippen molar-refractivity contribution in [2.24, 2.45) is 0 Å². The summed E-state index contributed by atoms with van der Waals surface area (Å²) in [6, 6.07) is 22.6. The molecule has 6 rings (SSSR count). The minimum absolute atomic E-state index is 0.0133. The zero-order valence-electron chi connectivity index (χ0n) is 23.7. The van der Waals surface area contributed by atoms with Gasteiger partial charge in [0.15, 0.2) is 0 Å². The summed E-state index contributed by atoms with van der Waals surface area (Å²) in [5.41, 5.74) is 2.06. The van der Waals surface area contributed by atoms with Gasteiger partial charge in [-0.2, -0.15) is 0 Å². The van der Waals surface area contributed by atoms with Crippen LogP contribution in [0.5, 0.6) is 0 Å². The van der Waals surface area contributed by atoms with Gasteiger partial charge in [0.25, 0.3) is 11.8 Å². The molecule has 3 aromatic rings. The van der Waals surface area contributed by atoms with E-state index < -0.39 is 35.1 Å². The Balaban J connectivity index is 1.23. The van der Waals surface area contributed by atoms with Crippen LogP contribution in [0.15, 0.2) is 72.8 Å². The lowest BCUT2D eigenvalue weighted by Crippen LogP contribution is -2.61. The summed E-state index contributed by atoms with van der Waals surface area (Å²) in [6.07, 6.45) is 0.296. The van der Waals surface area contributed by atoms with Crippen LogP contribution in [0, 0.1) is 5.82 Å². The van der Waals surface area contributed by atoms with Crippen molar-refractivity contribution in [3.8, 4) is 0 Å². The summed E-state index contributed by atoms with van der Waals surface area (Å²) in [5.74, 6) is -2.58. The van der Waals surface area contributed by atoms with E-state index in [1.165, 1.54) is 17.0 Å². The van der Waals surface area contributed by atoms with Gasteiger partial charge in [-0.15, -0.1) is 0 Å². The fraction of sp³-hybridized carbons (Fsp3) is 0.333. The maximum atomic E-state index is 15.9. The van der Waals surface area contributed by atoms with Gasteiger partial charge in [-0.3, -0.25) is 29.4 Å². The molecule has 2 saturated heterocycles. The van der Waals surface area contributed by atoms with E-state index in [1.54, 1.807) is 4.90 Å². The number of nitrogens with one attached hydrogen (secondary N) is 1. The third-order valence-corrected chi connectivity index (χ3v) is 8.68. The summed E-state index contributed by atoms with van der Waals surface area (Å²) in [7, 11) is 0. The molecular formula is C33H33FN4O4. The maximum absolute atomic E-state index is 15.9. The Bertz CT molecular complexity index is 1520. The van der Waals surface area contributed by atoms with Crippen molar-refractivity contribution < 1.29 is 23.6 Å². The number of fused-ring (bicyclic) bond motifs is 1. The summed E-state index contributed by atoms with van der Waals surface area (Å²) < 4.78 is 15.9. The molecule has 1 N–H and O–H groups in total. The van der Waals surface area contributed by atoms with Crippen molar-refractivity contribution in [2.45, 2.75) is 50.9 Å². The second-order valence-electron chi connectivity index (χ2n) is 11.8. The number of nitrogens with zero attached hydrogens (tertiary/aromatic N) is 3. The van der Waals surface area contributed by atoms with Crippen molar-refractivity contribution in [3.63, 3.8) is 0 Å². The molecule has 0 radical (unpaired) electrons. The fourth-order valence-electron chi connectivity index (χ4n) is 6.58. The van der Waals surface area contributed by atoms with Crippen molar-refractivity contribution >= 4 is 23.6 Å². The van der Waals surface area contributed by atoms with E-state index in [9.17, 15) is 19.2 Å². The van der Waals surface area contributed by atoms with Gasteiger partial charge in [0.1, 0.15) is 11.9 Å². The Morgan fingerprint density at radius 3 is 2.17 bits per heavy atom. The molecule has 9 heteroatoms. The van der Waals surface area contributed by atoms with Gasteiger partial charge in [0, 0.05) is 42.7 Å². The molecule has 0 spiro atoms. The smallest absolute Gasteiger partial charge is 0.256 e. The van der Waals surface area contributed by atoms with Crippen LogP contribution in [-0.4, -0.2) is 69.5 Å². The van der Waals surface area contributed by atoms with Gasteiger partial charge in [0.05, 0.1) is 18.2 Å². The molecule has 0 aromatic heterocycles. The van der Waals surface area contributed by atoms with Crippen LogP contribution in [-0.2, 0) is 16.1 Å². The third-order valence-electron chi connectivity index (χ3n) is 8.68. The summed E-state index contributed by atoms with van der Waals surface area (Å²) in [4.78, 5) is 56.1. The summed E-state index contributed by atoms with van der Waals surface area (Å²) in [5, 5.41) is 2.25. The molecule has 8 nitrogen and oxygen atoms in total. The number of amides is 4. The van der Waals surface area contributed by atoms with Gasteiger partial charge in [-0.1, -0.05) is 60.7 Å². The Morgan fingerprint density at radius 2 is 1.57 bits per heavy atom. The Labute approximate surface area is 244 Å². The van der Waals surface area contributed by atoms with E-state index in [1.807, 2.05) is 36.4 Å². The lowest BCUT2D eigenvalue weighted by Gasteiger charge is -2.50. The van der Waals surface area contributed by atoms with Crippen LogP contribution < -0.4 is 5.32 Å². The van der Waals surface area contributed by atoms with Crippen LogP contribution in [0.25, 0.3) is 0 Å². The molecule has 42 heavy (non-hydrogen) atoms. The predicted molar refractivity (Wildman–Crippen MR) is 154 cm³/mol. The number of halogens is 1. The normalized spacial score (nSPS) is 20.6. The number of piperazine rings is 1. The van der Waals surface area contributed by atoms with Crippen LogP contribution in [0.1, 0.15) is 70.1 Å². The molecule has 1 atom stereocenters. The summed E-state index contributed by atoms with van der Waals surface area (Å²) >= 11 is 0. The van der Waals surface area contributed by atoms with Gasteiger partial charge in [-0.05, 0) is 43.5 Å². The quantitative estimate of drug-likeness (QED) is 0.472. The van der Waals surface area contributed by atoms with E-state index in [0.717, 1.165) is 11.1 Å². The first kappa shape index (κ1) is 27.8. The highest BCUT2D eigenvalue weighted by Crippen LogP contribution is 2.37. The molecule has 0 saturated carbocycles. The van der Waals surface area contributed by atoms with Crippen LogP contribution >= 0.6 is 0 Å². The second-order valence-corrected chi connectivity index (χ2v) is 11.8. The number of piperidine rings is 1. The first-order valence-electron chi connectivity index (χ1n) is 14.3. The number of hydrogen-bond acceptors (Lipinski definition) is 5. The van der Waals surface area contributed by atoms with Crippen molar-refractivity contribution in [1.29, 1.82) is 0 Å². The van der Waals surface area contributed by atoms with E-state index in [2.05, 4.69) is 48.3 Å². The molecule has 0 bridgehead atoms. The average molecular weight is 569 g/mol. The zero-order valence-corrected chi connectivity index (χ0v) is 23.7. The van der Waals surface area contributed by atoms with Crippen molar-refractivity contribution in [3.05, 3.63) is 106 Å². The molecule has 4 amide bonds. The minimum Gasteiger partial charge on any atom is -0.335 e. The minimum atomic E-state index is -0.850. The Hall–Kier alpha value is -4.37. The number of benzene rings is 3. The van der Waals surface area contributed by atoms with E-state index in [4.69, 9.17) is 0 Å².